The fourth-order valence-corrected chi connectivity index (χ4v) is 5.20. The smallest absolute Gasteiger partial charge is 0.306 e. The van der Waals surface area contributed by atoms with Gasteiger partial charge in [0.1, 0.15) is 12.6 Å². The molecule has 0 amide bonds. The molecule has 0 heterocycles. The topological polar surface area (TPSA) is 102 Å². The first-order valence-electron chi connectivity index (χ1n) is 19.2. The molecule has 0 rings (SSSR count). The largest absolute Gasteiger partial charge is 0.544 e. The van der Waals surface area contributed by atoms with Gasteiger partial charge in [-0.05, 0) is 57.8 Å². The van der Waals surface area contributed by atoms with Gasteiger partial charge in [-0.25, -0.2) is 0 Å². The molecule has 8 nitrogen and oxygen atoms in total. The van der Waals surface area contributed by atoms with E-state index in [1.807, 2.05) is 0 Å². The summed E-state index contributed by atoms with van der Waals surface area (Å²) in [5.74, 6) is -1.79. The molecule has 0 saturated heterocycles. The Bertz CT molecular complexity index is 948. The van der Waals surface area contributed by atoms with Crippen molar-refractivity contribution in [2.75, 3.05) is 41.0 Å². The summed E-state index contributed by atoms with van der Waals surface area (Å²) in [6.07, 6.45) is 35.6. The first kappa shape index (κ1) is 46.3. The van der Waals surface area contributed by atoms with Crippen molar-refractivity contribution in [1.82, 2.24) is 0 Å². The van der Waals surface area contributed by atoms with Gasteiger partial charge in [0.15, 0.2) is 6.10 Å². The molecule has 0 N–H and O–H groups in total. The molecular formula is C41H71NO7. The molecule has 0 aromatic carbocycles. The minimum absolute atomic E-state index is 0.0276. The van der Waals surface area contributed by atoms with Gasteiger partial charge in [0.25, 0.3) is 0 Å². The van der Waals surface area contributed by atoms with Crippen LogP contribution in [0.5, 0.6) is 0 Å². The number of allylic oxidation sites excluding steroid dienone is 8. The predicted octanol–water partition coefficient (Wildman–Crippen LogP) is 8.35. The maximum absolute atomic E-state index is 12.6. The number of quaternary nitrogens is 1. The summed E-state index contributed by atoms with van der Waals surface area (Å²) in [4.78, 5) is 36.6. The van der Waals surface area contributed by atoms with E-state index in [4.69, 9.17) is 14.2 Å². The second kappa shape index (κ2) is 32.5. The maximum Gasteiger partial charge on any atom is 0.306 e. The first-order valence-corrected chi connectivity index (χ1v) is 19.2. The molecular weight excluding hydrogens is 618 g/mol. The molecule has 282 valence electrons. The van der Waals surface area contributed by atoms with Gasteiger partial charge in [-0.3, -0.25) is 9.59 Å². The number of esters is 2. The van der Waals surface area contributed by atoms with Crippen molar-refractivity contribution in [2.45, 2.75) is 154 Å². The average molecular weight is 690 g/mol. The van der Waals surface area contributed by atoms with Crippen molar-refractivity contribution < 1.29 is 38.2 Å². The first-order chi connectivity index (χ1) is 23.6. The summed E-state index contributed by atoms with van der Waals surface area (Å²) in [6.45, 7) is 4.44. The molecule has 2 unspecified atom stereocenters. The van der Waals surface area contributed by atoms with Gasteiger partial charge in [-0.15, -0.1) is 0 Å². The third kappa shape index (κ3) is 31.0. The molecule has 8 heteroatoms. The fraction of sp³-hybridized carbons (Fsp3) is 0.732. The van der Waals surface area contributed by atoms with Crippen molar-refractivity contribution in [3.8, 4) is 0 Å². The average Bonchev–Trinajstić information content (AvgIpc) is 3.05. The number of nitrogens with zero attached hydrogens (tertiary/aromatic N) is 1. The zero-order valence-electron chi connectivity index (χ0n) is 31.8. The van der Waals surface area contributed by atoms with Crippen LogP contribution < -0.4 is 5.11 Å². The van der Waals surface area contributed by atoms with Crippen LogP contribution in [0.1, 0.15) is 142 Å². The molecule has 0 aliphatic rings. The lowest BCUT2D eigenvalue weighted by molar-refractivity contribution is -0.889. The number of carboxylic acid groups (broad SMARTS) is 1. The molecule has 0 bridgehead atoms. The monoisotopic (exact) mass is 690 g/mol. The highest BCUT2D eigenvalue weighted by Crippen LogP contribution is 2.13. The van der Waals surface area contributed by atoms with Crippen LogP contribution in [-0.2, 0) is 28.6 Å². The normalized spacial score (nSPS) is 13.6. The second-order valence-corrected chi connectivity index (χ2v) is 13.8. The summed E-state index contributed by atoms with van der Waals surface area (Å²) < 4.78 is 17.0. The van der Waals surface area contributed by atoms with Gasteiger partial charge in [-0.2, -0.15) is 0 Å². The third-order valence-corrected chi connectivity index (χ3v) is 8.23. The van der Waals surface area contributed by atoms with E-state index < -0.39 is 18.1 Å². The number of hydrogen-bond donors (Lipinski definition) is 0. The Labute approximate surface area is 299 Å². The van der Waals surface area contributed by atoms with Crippen LogP contribution in [-0.4, -0.2) is 75.5 Å². The van der Waals surface area contributed by atoms with E-state index in [2.05, 4.69) is 62.5 Å². The van der Waals surface area contributed by atoms with Crippen LogP contribution in [0.2, 0.25) is 0 Å². The maximum atomic E-state index is 12.6. The van der Waals surface area contributed by atoms with Crippen molar-refractivity contribution in [2.24, 2.45) is 0 Å². The van der Waals surface area contributed by atoms with Gasteiger partial charge >= 0.3 is 11.9 Å². The third-order valence-electron chi connectivity index (χ3n) is 8.23. The highest BCUT2D eigenvalue weighted by atomic mass is 16.6. The molecule has 0 aliphatic heterocycles. The van der Waals surface area contributed by atoms with Crippen LogP contribution in [0.25, 0.3) is 0 Å². The van der Waals surface area contributed by atoms with Crippen molar-refractivity contribution in [3.05, 3.63) is 48.6 Å². The molecule has 0 spiro atoms. The van der Waals surface area contributed by atoms with E-state index in [-0.39, 0.29) is 42.7 Å². The fourth-order valence-electron chi connectivity index (χ4n) is 5.20. The quantitative estimate of drug-likeness (QED) is 0.0224. The van der Waals surface area contributed by atoms with Crippen LogP contribution in [0.4, 0.5) is 0 Å². The van der Waals surface area contributed by atoms with Gasteiger partial charge in [0, 0.05) is 19.3 Å². The lowest BCUT2D eigenvalue weighted by Crippen LogP contribution is -2.55. The van der Waals surface area contributed by atoms with Crippen LogP contribution in [0.3, 0.4) is 0 Å². The van der Waals surface area contributed by atoms with E-state index in [0.717, 1.165) is 77.0 Å². The van der Waals surface area contributed by atoms with E-state index in [1.165, 1.54) is 32.1 Å². The Morgan fingerprint density at radius 3 is 1.82 bits per heavy atom. The number of unbranched alkanes of at least 4 members (excludes halogenated alkanes) is 12. The van der Waals surface area contributed by atoms with Crippen molar-refractivity contribution in [3.63, 3.8) is 0 Å². The second-order valence-electron chi connectivity index (χ2n) is 13.8. The van der Waals surface area contributed by atoms with Gasteiger partial charge < -0.3 is 28.6 Å². The predicted molar refractivity (Wildman–Crippen MR) is 199 cm³/mol. The minimum atomic E-state index is -1.13. The van der Waals surface area contributed by atoms with E-state index in [1.54, 1.807) is 21.1 Å². The zero-order valence-corrected chi connectivity index (χ0v) is 31.8. The summed E-state index contributed by atoms with van der Waals surface area (Å²) in [5, 5.41) is 11.6. The number of carboxylic acids is 1. The Balaban J connectivity index is 4.47. The molecule has 2 atom stereocenters. The summed E-state index contributed by atoms with van der Waals surface area (Å²) >= 11 is 0. The molecule has 0 aliphatic carbocycles. The number of carbonyl (C=O) groups excluding carboxylic acids is 3. The molecule has 0 fully saturated rings. The van der Waals surface area contributed by atoms with E-state index in [0.29, 0.717) is 12.8 Å². The molecule has 0 radical (unpaired) electrons. The Hall–Kier alpha value is -2.71. The van der Waals surface area contributed by atoms with Crippen molar-refractivity contribution in [1.29, 1.82) is 0 Å². The lowest BCUT2D eigenvalue weighted by atomic mass is 10.1. The summed E-state index contributed by atoms with van der Waals surface area (Å²) in [6, 6.07) is -0.730. The number of rotatable bonds is 33. The van der Waals surface area contributed by atoms with E-state index in [9.17, 15) is 19.5 Å². The number of hydrogen-bond acceptors (Lipinski definition) is 7. The number of aliphatic carboxylic acids is 1. The lowest BCUT2D eigenvalue weighted by Gasteiger charge is -2.34. The highest BCUT2D eigenvalue weighted by molar-refractivity contribution is 5.70. The zero-order chi connectivity index (χ0) is 36.4. The van der Waals surface area contributed by atoms with Crippen molar-refractivity contribution >= 4 is 17.9 Å². The highest BCUT2D eigenvalue weighted by Gasteiger charge is 2.25. The number of ether oxygens (including phenoxy) is 3. The Kier molecular flexibility index (Phi) is 30.7. The number of likely N-dealkylation sites (N-methyl/N-ethyl adjacent to an activating group) is 1. The SMILES string of the molecule is CC/C=C/C/C=C/CCCCCCCCCC(=O)OC(COCCC(C(=O)[O-])[N+](C)(C)C)COC(=O)CCCCC/C=C/C=C/CCCC. The van der Waals surface area contributed by atoms with Gasteiger partial charge in [0.2, 0.25) is 0 Å². The Morgan fingerprint density at radius 1 is 0.653 bits per heavy atom. The Morgan fingerprint density at radius 2 is 1.20 bits per heavy atom. The van der Waals surface area contributed by atoms with Crippen LogP contribution in [0, 0.1) is 0 Å². The van der Waals surface area contributed by atoms with E-state index >= 15 is 0 Å². The molecule has 0 aromatic heterocycles. The summed E-state index contributed by atoms with van der Waals surface area (Å²) in [5.41, 5.74) is 0. The van der Waals surface area contributed by atoms with Gasteiger partial charge in [0.05, 0.1) is 40.3 Å². The summed E-state index contributed by atoms with van der Waals surface area (Å²) in [7, 11) is 5.38. The number of carbonyl (C=O) groups is 3. The van der Waals surface area contributed by atoms with Crippen LogP contribution in [0.15, 0.2) is 48.6 Å². The van der Waals surface area contributed by atoms with Gasteiger partial charge in [-0.1, -0.05) is 114 Å². The molecule has 0 aromatic rings. The molecule has 0 saturated carbocycles. The standard InChI is InChI=1S/C41H71NO7/c1-6-8-10-12-14-16-18-19-20-22-24-26-28-30-32-40(44)49-37(35-47-34-33-38(41(45)46)42(3,4)5)36-48-39(43)31-29-27-25-23-21-17-15-13-11-9-7-2/h8,10,13-17,21,37-38H,6-7,9,11-12,18-20,22-36H2,1-5H3/b10-8+,15-13+,16-14+,21-17+. The minimum Gasteiger partial charge on any atom is -0.544 e. The molecule has 49 heavy (non-hydrogen) atoms. The van der Waals surface area contributed by atoms with Crippen LogP contribution >= 0.6 is 0 Å².